The second kappa shape index (κ2) is 6.02. The molecular formula is C18H19BrN2. The lowest BCUT2D eigenvalue weighted by Crippen LogP contribution is -1.90. The number of aromatic nitrogens is 2. The Morgan fingerprint density at radius 1 is 1.14 bits per heavy atom. The minimum absolute atomic E-state index is 1.03. The smallest absolute Gasteiger partial charge is 0.0772 e. The van der Waals surface area contributed by atoms with Gasteiger partial charge in [-0.15, -0.1) is 0 Å². The first-order chi connectivity index (χ1) is 10.2. The summed E-state index contributed by atoms with van der Waals surface area (Å²) in [5.74, 6) is 0. The maximum atomic E-state index is 4.81. The first-order valence-electron chi connectivity index (χ1n) is 7.43. The van der Waals surface area contributed by atoms with E-state index < -0.39 is 0 Å². The van der Waals surface area contributed by atoms with Crippen LogP contribution in [0.1, 0.15) is 31.0 Å². The molecule has 2 heterocycles. The number of pyridine rings is 1. The standard InChI is InChI=1S/C18H19BrN2/c1-3-4-7-16-17(14-8-10-15(19)11-9-14)18-13(2)6-5-12-21(18)20-16/h5-6,8-12H,3-4,7H2,1-2H3. The van der Waals surface area contributed by atoms with Gasteiger partial charge in [-0.3, -0.25) is 0 Å². The van der Waals surface area contributed by atoms with Gasteiger partial charge in [-0.2, -0.15) is 5.10 Å². The van der Waals surface area contributed by atoms with Crippen molar-refractivity contribution in [1.29, 1.82) is 0 Å². The number of hydrogen-bond donors (Lipinski definition) is 0. The van der Waals surface area contributed by atoms with Crippen molar-refractivity contribution in [2.75, 3.05) is 0 Å². The molecule has 0 aliphatic rings. The Balaban J connectivity index is 2.23. The Hall–Kier alpha value is -1.61. The molecule has 0 atom stereocenters. The van der Waals surface area contributed by atoms with Gasteiger partial charge in [-0.05, 0) is 49.1 Å². The summed E-state index contributed by atoms with van der Waals surface area (Å²) in [6, 6.07) is 12.8. The lowest BCUT2D eigenvalue weighted by molar-refractivity contribution is 0.763. The van der Waals surface area contributed by atoms with Crippen LogP contribution in [0.5, 0.6) is 0 Å². The van der Waals surface area contributed by atoms with Gasteiger partial charge in [0.05, 0.1) is 11.2 Å². The Kier molecular flexibility index (Phi) is 4.11. The summed E-state index contributed by atoms with van der Waals surface area (Å²) in [5.41, 5.74) is 6.23. The number of hydrogen-bond acceptors (Lipinski definition) is 1. The number of nitrogens with zero attached hydrogens (tertiary/aromatic N) is 2. The molecule has 3 heteroatoms. The van der Waals surface area contributed by atoms with Gasteiger partial charge in [-0.1, -0.05) is 47.5 Å². The monoisotopic (exact) mass is 342 g/mol. The zero-order valence-corrected chi connectivity index (χ0v) is 14.0. The molecule has 0 radical (unpaired) electrons. The number of fused-ring (bicyclic) bond motifs is 1. The van der Waals surface area contributed by atoms with Gasteiger partial charge in [0.25, 0.3) is 0 Å². The van der Waals surface area contributed by atoms with Gasteiger partial charge >= 0.3 is 0 Å². The summed E-state index contributed by atoms with van der Waals surface area (Å²) in [4.78, 5) is 0. The van der Waals surface area contributed by atoms with Crippen molar-refractivity contribution in [3.63, 3.8) is 0 Å². The van der Waals surface area contributed by atoms with Crippen molar-refractivity contribution in [2.24, 2.45) is 0 Å². The molecule has 0 saturated carbocycles. The summed E-state index contributed by atoms with van der Waals surface area (Å²) in [7, 11) is 0. The maximum absolute atomic E-state index is 4.81. The van der Waals surface area contributed by atoms with Crippen LogP contribution in [0.4, 0.5) is 0 Å². The van der Waals surface area contributed by atoms with Gasteiger partial charge in [0, 0.05) is 16.2 Å². The van der Waals surface area contributed by atoms with Crippen molar-refractivity contribution in [2.45, 2.75) is 33.1 Å². The fraction of sp³-hybridized carbons (Fsp3) is 0.278. The molecule has 3 aromatic rings. The topological polar surface area (TPSA) is 17.3 Å². The molecule has 0 aliphatic heterocycles. The van der Waals surface area contributed by atoms with Gasteiger partial charge in [0.2, 0.25) is 0 Å². The van der Waals surface area contributed by atoms with E-state index in [1.54, 1.807) is 0 Å². The van der Waals surface area contributed by atoms with E-state index in [9.17, 15) is 0 Å². The molecule has 0 aliphatic carbocycles. The molecule has 21 heavy (non-hydrogen) atoms. The third-order valence-corrected chi connectivity index (χ3v) is 4.36. The van der Waals surface area contributed by atoms with Crippen LogP contribution in [-0.4, -0.2) is 9.61 Å². The highest BCUT2D eigenvalue weighted by Gasteiger charge is 2.15. The van der Waals surface area contributed by atoms with E-state index in [1.165, 1.54) is 40.7 Å². The van der Waals surface area contributed by atoms with E-state index in [0.29, 0.717) is 0 Å². The van der Waals surface area contributed by atoms with E-state index in [4.69, 9.17) is 5.10 Å². The molecule has 0 spiro atoms. The molecular weight excluding hydrogens is 324 g/mol. The van der Waals surface area contributed by atoms with Crippen molar-refractivity contribution >= 4 is 21.4 Å². The van der Waals surface area contributed by atoms with E-state index in [1.807, 2.05) is 10.7 Å². The SMILES string of the molecule is CCCCc1nn2cccc(C)c2c1-c1ccc(Br)cc1. The third-order valence-electron chi connectivity index (χ3n) is 3.83. The van der Waals surface area contributed by atoms with Gasteiger partial charge < -0.3 is 0 Å². The van der Waals surface area contributed by atoms with Gasteiger partial charge in [0.1, 0.15) is 0 Å². The Labute approximate surface area is 133 Å². The fourth-order valence-corrected chi connectivity index (χ4v) is 3.02. The lowest BCUT2D eigenvalue weighted by atomic mass is 9.99. The molecule has 1 aromatic carbocycles. The molecule has 0 saturated heterocycles. The van der Waals surface area contributed by atoms with E-state index in [2.05, 4.69) is 66.2 Å². The van der Waals surface area contributed by atoms with Crippen LogP contribution in [0.25, 0.3) is 16.6 Å². The van der Waals surface area contributed by atoms with Crippen molar-refractivity contribution in [3.8, 4) is 11.1 Å². The largest absolute Gasteiger partial charge is 0.240 e. The zero-order valence-electron chi connectivity index (χ0n) is 12.4. The molecule has 108 valence electrons. The predicted molar refractivity (Wildman–Crippen MR) is 91.7 cm³/mol. The second-order valence-corrected chi connectivity index (χ2v) is 6.33. The minimum atomic E-state index is 1.03. The van der Waals surface area contributed by atoms with E-state index in [0.717, 1.165) is 10.9 Å². The normalized spacial score (nSPS) is 11.2. The second-order valence-electron chi connectivity index (χ2n) is 5.42. The molecule has 0 unspecified atom stereocenters. The number of aryl methyl sites for hydroxylation is 2. The Bertz CT molecular complexity index is 757. The molecule has 0 bridgehead atoms. The quantitative estimate of drug-likeness (QED) is 0.619. The lowest BCUT2D eigenvalue weighted by Gasteiger charge is -2.05. The highest BCUT2D eigenvalue weighted by Crippen LogP contribution is 2.32. The van der Waals surface area contributed by atoms with E-state index in [-0.39, 0.29) is 0 Å². The van der Waals surface area contributed by atoms with Crippen LogP contribution >= 0.6 is 15.9 Å². The van der Waals surface area contributed by atoms with Gasteiger partial charge in [-0.25, -0.2) is 4.52 Å². The summed E-state index contributed by atoms with van der Waals surface area (Å²) in [6.45, 7) is 4.38. The maximum Gasteiger partial charge on any atom is 0.0772 e. The Morgan fingerprint density at radius 3 is 2.62 bits per heavy atom. The average Bonchev–Trinajstić information content (AvgIpc) is 2.86. The average molecular weight is 343 g/mol. The Morgan fingerprint density at radius 2 is 1.90 bits per heavy atom. The van der Waals surface area contributed by atoms with Crippen LogP contribution < -0.4 is 0 Å². The third kappa shape index (κ3) is 2.75. The summed E-state index contributed by atoms with van der Waals surface area (Å²) in [6.07, 6.45) is 5.43. The molecule has 0 amide bonds. The van der Waals surface area contributed by atoms with Crippen LogP contribution in [0.15, 0.2) is 47.1 Å². The number of halogens is 1. The number of unbranched alkanes of at least 4 members (excludes halogenated alkanes) is 1. The first-order valence-corrected chi connectivity index (χ1v) is 8.22. The minimum Gasteiger partial charge on any atom is -0.240 e. The zero-order chi connectivity index (χ0) is 14.8. The van der Waals surface area contributed by atoms with E-state index >= 15 is 0 Å². The van der Waals surface area contributed by atoms with Crippen LogP contribution in [0.3, 0.4) is 0 Å². The van der Waals surface area contributed by atoms with Crippen molar-refractivity contribution < 1.29 is 0 Å². The molecule has 0 N–H and O–H groups in total. The van der Waals surface area contributed by atoms with Crippen LogP contribution in [-0.2, 0) is 6.42 Å². The van der Waals surface area contributed by atoms with Crippen molar-refractivity contribution in [3.05, 3.63) is 58.3 Å². The van der Waals surface area contributed by atoms with Crippen LogP contribution in [0.2, 0.25) is 0 Å². The van der Waals surface area contributed by atoms with Crippen molar-refractivity contribution in [1.82, 2.24) is 9.61 Å². The summed E-state index contributed by atoms with van der Waals surface area (Å²) < 4.78 is 3.13. The predicted octanol–water partition coefficient (Wildman–Crippen LogP) is 5.41. The highest BCUT2D eigenvalue weighted by atomic mass is 79.9. The fourth-order valence-electron chi connectivity index (χ4n) is 2.75. The molecule has 0 fully saturated rings. The van der Waals surface area contributed by atoms with Crippen LogP contribution in [0, 0.1) is 6.92 Å². The molecule has 3 rings (SSSR count). The van der Waals surface area contributed by atoms with Gasteiger partial charge in [0.15, 0.2) is 0 Å². The molecule has 2 nitrogen and oxygen atoms in total. The number of rotatable bonds is 4. The first kappa shape index (κ1) is 14.3. The number of benzene rings is 1. The molecule has 2 aromatic heterocycles. The summed E-state index contributed by atoms with van der Waals surface area (Å²) >= 11 is 3.51. The summed E-state index contributed by atoms with van der Waals surface area (Å²) in [5, 5.41) is 4.81. The highest BCUT2D eigenvalue weighted by molar-refractivity contribution is 9.10.